The van der Waals surface area contributed by atoms with Gasteiger partial charge in [0.2, 0.25) is 5.91 Å². The van der Waals surface area contributed by atoms with Gasteiger partial charge in [-0.05, 0) is 61.4 Å². The Morgan fingerprint density at radius 1 is 1.04 bits per heavy atom. The van der Waals surface area contributed by atoms with Crippen molar-refractivity contribution in [1.29, 1.82) is 0 Å². The normalized spacial score (nSPS) is 19.6. The fourth-order valence-corrected chi connectivity index (χ4v) is 7.66. The average Bonchev–Trinajstić information content (AvgIpc) is 3.85. The number of aromatic nitrogens is 4. The highest BCUT2D eigenvalue weighted by molar-refractivity contribution is 6.05. The Balaban J connectivity index is 1.20. The van der Waals surface area contributed by atoms with E-state index < -0.39 is 12.0 Å². The van der Waals surface area contributed by atoms with Gasteiger partial charge in [-0.2, -0.15) is 0 Å². The van der Waals surface area contributed by atoms with Gasteiger partial charge >= 0.3 is 0 Å². The molecule has 49 heavy (non-hydrogen) atoms. The van der Waals surface area contributed by atoms with Crippen molar-refractivity contribution in [2.24, 2.45) is 5.92 Å². The van der Waals surface area contributed by atoms with Gasteiger partial charge < -0.3 is 24.6 Å². The molecule has 0 aliphatic carbocycles. The summed E-state index contributed by atoms with van der Waals surface area (Å²) in [5.41, 5.74) is 3.13. The zero-order valence-electron chi connectivity index (χ0n) is 28.0. The number of benzene rings is 2. The monoisotopic (exact) mass is 669 g/mol. The van der Waals surface area contributed by atoms with Crippen LogP contribution >= 0.6 is 0 Å². The second-order valence-corrected chi connectivity index (χ2v) is 13.4. The number of nitrogens with one attached hydrogen (secondary N) is 1. The molecule has 2 amide bonds. The fourth-order valence-electron chi connectivity index (χ4n) is 7.66. The summed E-state index contributed by atoms with van der Waals surface area (Å²) in [6, 6.07) is 11.1. The lowest BCUT2D eigenvalue weighted by Gasteiger charge is -2.40. The van der Waals surface area contributed by atoms with Crippen LogP contribution in [0.15, 0.2) is 54.9 Å². The lowest BCUT2D eigenvalue weighted by atomic mass is 9.92. The third-order valence-corrected chi connectivity index (χ3v) is 10.3. The van der Waals surface area contributed by atoms with Crippen molar-refractivity contribution in [3.05, 3.63) is 71.9 Å². The Morgan fingerprint density at radius 2 is 1.88 bits per heavy atom. The first-order valence-corrected chi connectivity index (χ1v) is 17.4. The van der Waals surface area contributed by atoms with Crippen molar-refractivity contribution in [3.8, 4) is 16.9 Å². The summed E-state index contributed by atoms with van der Waals surface area (Å²) in [7, 11) is 1.60. The minimum atomic E-state index is -0.575. The van der Waals surface area contributed by atoms with Crippen molar-refractivity contribution in [2.75, 3.05) is 46.4 Å². The zero-order chi connectivity index (χ0) is 33.9. The second kappa shape index (κ2) is 14.5. The molecule has 0 saturated carbocycles. The highest BCUT2D eigenvalue weighted by Crippen LogP contribution is 2.40. The standard InChI is InChI=1S/C37H44FN7O4/c1-49-32-12-4-3-11-27(32)29-21-28(25-9-7-17-43(23-25)33(46)13-19-45-20-14-39-41-45)34(38)35-30(29)22-31(40-35)37(48)44-18-8-10-26(24-44)36(47)42-15-5-2-6-16-42/h3-4,9,11-12,14,20-22,26,36,40,47H,2,5-8,10,13,15-19,23-24H2,1H3/t26-,36?/m0/s1. The molecular formula is C37H44FN7O4. The summed E-state index contributed by atoms with van der Waals surface area (Å²) < 4.78 is 24.0. The number of halogens is 1. The molecule has 1 unspecified atom stereocenters. The third kappa shape index (κ3) is 6.84. The summed E-state index contributed by atoms with van der Waals surface area (Å²) in [5, 5.41) is 19.5. The number of fused-ring (bicyclic) bond motifs is 1. The molecule has 3 aliphatic heterocycles. The van der Waals surface area contributed by atoms with Crippen LogP contribution < -0.4 is 4.74 Å². The maximum atomic E-state index is 16.7. The molecule has 2 atom stereocenters. The van der Waals surface area contributed by atoms with E-state index in [1.54, 1.807) is 40.1 Å². The molecular weight excluding hydrogens is 625 g/mol. The van der Waals surface area contributed by atoms with Gasteiger partial charge in [-0.25, -0.2) is 4.39 Å². The van der Waals surface area contributed by atoms with Crippen molar-refractivity contribution < 1.29 is 23.8 Å². The lowest BCUT2D eigenvalue weighted by molar-refractivity contribution is -0.131. The van der Waals surface area contributed by atoms with Crippen LogP contribution in [0.5, 0.6) is 5.75 Å². The molecule has 2 fully saturated rings. The van der Waals surface area contributed by atoms with Crippen LogP contribution in [-0.2, 0) is 11.3 Å². The number of aromatic amines is 1. The van der Waals surface area contributed by atoms with Gasteiger partial charge in [-0.1, -0.05) is 35.9 Å². The van der Waals surface area contributed by atoms with E-state index in [9.17, 15) is 14.7 Å². The maximum Gasteiger partial charge on any atom is 0.270 e. The summed E-state index contributed by atoms with van der Waals surface area (Å²) in [5.74, 6) is -0.116. The number of amides is 2. The van der Waals surface area contributed by atoms with Crippen LogP contribution in [0, 0.1) is 11.7 Å². The summed E-state index contributed by atoms with van der Waals surface area (Å²) >= 11 is 0. The molecule has 258 valence electrons. The first-order valence-electron chi connectivity index (χ1n) is 17.4. The molecule has 7 rings (SSSR count). The van der Waals surface area contributed by atoms with Crippen LogP contribution in [0.1, 0.15) is 61.0 Å². The van der Waals surface area contributed by atoms with E-state index in [1.807, 2.05) is 36.4 Å². The second-order valence-electron chi connectivity index (χ2n) is 13.4. The van der Waals surface area contributed by atoms with E-state index in [0.717, 1.165) is 49.9 Å². The Kier molecular flexibility index (Phi) is 9.77. The number of methoxy groups -OCH3 is 1. The van der Waals surface area contributed by atoms with Gasteiger partial charge in [0.25, 0.3) is 5.91 Å². The first kappa shape index (κ1) is 33.0. The van der Waals surface area contributed by atoms with Crippen molar-refractivity contribution in [1.82, 2.24) is 34.7 Å². The number of ether oxygens (including phenoxy) is 1. The molecule has 4 aromatic rings. The van der Waals surface area contributed by atoms with Crippen LogP contribution in [0.3, 0.4) is 0 Å². The number of likely N-dealkylation sites (tertiary alicyclic amines) is 2. The number of H-pyrrole nitrogens is 1. The molecule has 2 aromatic heterocycles. The van der Waals surface area contributed by atoms with E-state index in [2.05, 4.69) is 20.2 Å². The van der Waals surface area contributed by atoms with E-state index in [0.29, 0.717) is 60.6 Å². The van der Waals surface area contributed by atoms with Gasteiger partial charge in [-0.15, -0.1) is 5.10 Å². The molecule has 0 bridgehead atoms. The Labute approximate surface area is 285 Å². The van der Waals surface area contributed by atoms with Crippen LogP contribution in [0.2, 0.25) is 0 Å². The van der Waals surface area contributed by atoms with Crippen molar-refractivity contribution in [3.63, 3.8) is 0 Å². The van der Waals surface area contributed by atoms with E-state index >= 15 is 4.39 Å². The molecule has 2 saturated heterocycles. The molecule has 3 aliphatic rings. The summed E-state index contributed by atoms with van der Waals surface area (Å²) in [6.45, 7) is 4.03. The number of rotatable bonds is 9. The van der Waals surface area contributed by atoms with Crippen molar-refractivity contribution >= 4 is 28.3 Å². The zero-order valence-corrected chi connectivity index (χ0v) is 28.0. The van der Waals surface area contributed by atoms with Gasteiger partial charge in [0.05, 0.1) is 25.4 Å². The predicted octanol–water partition coefficient (Wildman–Crippen LogP) is 4.94. The number of aryl methyl sites for hydroxylation is 1. The average molecular weight is 670 g/mol. The number of hydrogen-bond acceptors (Lipinski definition) is 7. The molecule has 11 nitrogen and oxygen atoms in total. The summed E-state index contributed by atoms with van der Waals surface area (Å²) in [6.07, 6.45) is 10.6. The topological polar surface area (TPSA) is 120 Å². The van der Waals surface area contributed by atoms with E-state index in [4.69, 9.17) is 4.74 Å². The van der Waals surface area contributed by atoms with E-state index in [1.165, 1.54) is 6.42 Å². The SMILES string of the molecule is COc1ccccc1-c1cc(C2=CCCN(C(=O)CCn3ccnn3)C2)c(F)c2[nH]c(C(=O)N3CCC[C@H](C(O)N4CCCCC4)C3)cc12. The molecule has 12 heteroatoms. The number of piperidine rings is 2. The largest absolute Gasteiger partial charge is 0.496 e. The highest BCUT2D eigenvalue weighted by atomic mass is 19.1. The van der Waals surface area contributed by atoms with Crippen LogP contribution in [0.25, 0.3) is 27.6 Å². The number of hydrogen-bond donors (Lipinski definition) is 2. The molecule has 0 radical (unpaired) electrons. The quantitative estimate of drug-likeness (QED) is 0.259. The number of carbonyl (C=O) groups is 2. The lowest BCUT2D eigenvalue weighted by Crippen LogP contribution is -2.50. The number of para-hydroxylation sites is 1. The van der Waals surface area contributed by atoms with Crippen molar-refractivity contribution in [2.45, 2.75) is 57.7 Å². The van der Waals surface area contributed by atoms with E-state index in [-0.39, 0.29) is 36.2 Å². The third-order valence-electron chi connectivity index (χ3n) is 10.3. The highest BCUT2D eigenvalue weighted by Gasteiger charge is 2.33. The Hall–Kier alpha value is -4.55. The van der Waals surface area contributed by atoms with Gasteiger partial charge in [-0.3, -0.25) is 19.2 Å². The summed E-state index contributed by atoms with van der Waals surface area (Å²) in [4.78, 5) is 36.1. The number of carbonyl (C=O) groups excluding carboxylic acids is 2. The number of aliphatic hydroxyl groups excluding tert-OH is 1. The fraction of sp³-hybridized carbons (Fsp3) is 0.459. The number of aliphatic hydroxyl groups is 1. The van der Waals surface area contributed by atoms with Gasteiger partial charge in [0.1, 0.15) is 17.7 Å². The molecule has 5 heterocycles. The molecule has 2 aromatic carbocycles. The Bertz CT molecular complexity index is 1830. The predicted molar refractivity (Wildman–Crippen MR) is 184 cm³/mol. The minimum absolute atomic E-state index is 0.0345. The maximum absolute atomic E-state index is 16.7. The van der Waals surface area contributed by atoms with Crippen LogP contribution in [0.4, 0.5) is 4.39 Å². The molecule has 0 spiro atoms. The Morgan fingerprint density at radius 3 is 2.67 bits per heavy atom. The van der Waals surface area contributed by atoms with Crippen LogP contribution in [-0.4, -0.2) is 104 Å². The minimum Gasteiger partial charge on any atom is -0.496 e. The molecule has 2 N–H and O–H groups in total. The first-order chi connectivity index (χ1) is 23.9. The number of nitrogens with zero attached hydrogens (tertiary/aromatic N) is 6. The van der Waals surface area contributed by atoms with Gasteiger partial charge in [0.15, 0.2) is 5.82 Å². The van der Waals surface area contributed by atoms with Gasteiger partial charge in [0, 0.05) is 74.3 Å². The smallest absolute Gasteiger partial charge is 0.270 e.